The summed E-state index contributed by atoms with van der Waals surface area (Å²) in [7, 11) is 6.55. The van der Waals surface area contributed by atoms with Crippen molar-refractivity contribution in [3.05, 3.63) is 118 Å². The van der Waals surface area contributed by atoms with Gasteiger partial charge >= 0.3 is 0 Å². The Kier molecular flexibility index (Phi) is 19.5. The summed E-state index contributed by atoms with van der Waals surface area (Å²) in [5, 5.41) is 29.6. The Morgan fingerprint density at radius 3 is 1.28 bits per heavy atom. The molecule has 2 saturated carbocycles. The van der Waals surface area contributed by atoms with Gasteiger partial charge in [0.15, 0.2) is 11.6 Å². The number of amides is 2. The van der Waals surface area contributed by atoms with Crippen molar-refractivity contribution in [1.82, 2.24) is 51.0 Å². The topological polar surface area (TPSA) is 216 Å². The summed E-state index contributed by atoms with van der Waals surface area (Å²) in [4.78, 5) is 51.6. The van der Waals surface area contributed by atoms with Crippen LogP contribution in [0.25, 0.3) is 11.4 Å². The zero-order valence-electron chi connectivity index (χ0n) is 42.6. The number of aryl methyl sites for hydroxylation is 2. The minimum atomic E-state index is -0.565. The zero-order valence-corrected chi connectivity index (χ0v) is 44.1. The molecule has 392 valence electrons. The molecule has 20 heteroatoms. The normalized spacial score (nSPS) is 17.8. The molecule has 2 fully saturated rings. The quantitative estimate of drug-likeness (QED) is 0.0659. The van der Waals surface area contributed by atoms with E-state index < -0.39 is 12.1 Å². The fourth-order valence-electron chi connectivity index (χ4n) is 9.90. The molecule has 2 heterocycles. The summed E-state index contributed by atoms with van der Waals surface area (Å²) in [6.07, 6.45) is 11.3. The van der Waals surface area contributed by atoms with Gasteiger partial charge in [0.25, 0.3) is 0 Å². The minimum Gasteiger partial charge on any atom is -0.497 e. The molecule has 6 atom stereocenters. The van der Waals surface area contributed by atoms with Crippen molar-refractivity contribution in [2.45, 2.75) is 103 Å². The molecule has 2 aliphatic rings. The van der Waals surface area contributed by atoms with Crippen LogP contribution in [0.2, 0.25) is 10.0 Å². The fourth-order valence-corrected chi connectivity index (χ4v) is 10.3. The van der Waals surface area contributed by atoms with Crippen LogP contribution in [0.1, 0.15) is 87.5 Å². The van der Waals surface area contributed by atoms with E-state index in [1.807, 2.05) is 60.7 Å². The third-order valence-corrected chi connectivity index (χ3v) is 14.4. The molecule has 0 saturated heterocycles. The van der Waals surface area contributed by atoms with Gasteiger partial charge < -0.3 is 29.6 Å². The van der Waals surface area contributed by atoms with E-state index in [4.69, 9.17) is 42.1 Å². The molecule has 2 aromatic heterocycles. The summed E-state index contributed by atoms with van der Waals surface area (Å²) >= 11 is 12.4. The maximum Gasteiger partial charge on any atom is 0.223 e. The van der Waals surface area contributed by atoms with E-state index in [-0.39, 0.29) is 48.1 Å². The molecule has 2 amide bonds. The van der Waals surface area contributed by atoms with E-state index in [2.05, 4.69) is 41.7 Å². The van der Waals surface area contributed by atoms with Crippen molar-refractivity contribution in [2.24, 2.45) is 23.7 Å². The lowest BCUT2D eigenvalue weighted by Crippen LogP contribution is -2.41. The lowest BCUT2D eigenvalue weighted by molar-refractivity contribution is -0.129. The van der Waals surface area contributed by atoms with Gasteiger partial charge in [-0.2, -0.15) is 0 Å². The van der Waals surface area contributed by atoms with E-state index in [1.54, 1.807) is 63.8 Å². The second kappa shape index (κ2) is 26.3. The van der Waals surface area contributed by atoms with E-state index in [0.29, 0.717) is 34.7 Å². The first-order chi connectivity index (χ1) is 35.7. The number of benzene rings is 4. The molecule has 2 aliphatic carbocycles. The lowest BCUT2D eigenvalue weighted by Gasteiger charge is -2.17. The highest BCUT2D eigenvalue weighted by atomic mass is 35.5. The first-order valence-corrected chi connectivity index (χ1v) is 25.6. The van der Waals surface area contributed by atoms with E-state index >= 15 is 0 Å². The second-order valence-electron chi connectivity index (χ2n) is 19.1. The van der Waals surface area contributed by atoms with Gasteiger partial charge in [-0.3, -0.25) is 19.2 Å². The maximum atomic E-state index is 12.9. The van der Waals surface area contributed by atoms with Crippen LogP contribution in [-0.4, -0.2) is 104 Å². The van der Waals surface area contributed by atoms with E-state index in [0.717, 1.165) is 108 Å². The SMILES string of the molecule is COc1cc(C[C@@H]2CC[C@@H](C(=O)N[C@@H](C)C(=O)CCc3cc(Cl)ccc3-n3cnnn3)C2)cc(OC)c1.COc1cc(C[C@@H]2CC[C@@H](C(=O)N[C@@H](C)C(=O)CCc3cc(Cl)ccc3-n3cnnn3)C2)cc(OC)c1. The van der Waals surface area contributed by atoms with Crippen molar-refractivity contribution >= 4 is 46.6 Å². The van der Waals surface area contributed by atoms with Crippen molar-refractivity contribution in [1.29, 1.82) is 0 Å². The molecule has 6 aromatic rings. The van der Waals surface area contributed by atoms with Crippen LogP contribution in [0.4, 0.5) is 0 Å². The number of hydrogen-bond donors (Lipinski definition) is 2. The average molecular weight is 1050 g/mol. The Hall–Kier alpha value is -6.92. The van der Waals surface area contributed by atoms with Crippen LogP contribution in [0, 0.1) is 23.7 Å². The van der Waals surface area contributed by atoms with Gasteiger partial charge in [0.2, 0.25) is 11.8 Å². The van der Waals surface area contributed by atoms with Gasteiger partial charge in [-0.05, 0) is 194 Å². The average Bonchev–Trinajstić information content (AvgIpc) is 4.27. The number of tetrazole rings is 2. The summed E-state index contributed by atoms with van der Waals surface area (Å²) in [6, 6.07) is 21.4. The molecule has 2 N–H and O–H groups in total. The summed E-state index contributed by atoms with van der Waals surface area (Å²) in [6.45, 7) is 3.49. The molecule has 4 aromatic carbocycles. The maximum absolute atomic E-state index is 12.9. The standard InChI is InChI=1S/2C27H32ClN5O4/c2*1-17(26(34)9-6-20-14-22(28)7-8-25(20)33-16-29-31-32-33)30-27(35)21-5-4-18(11-21)10-19-12-23(36-2)15-24(13-19)37-3/h2*7-8,12-18,21H,4-6,9-11H2,1-3H3,(H,30,35)/t2*17-,18-,21+/m00/s1. The Labute approximate surface area is 441 Å². The first kappa shape index (κ1) is 54.8. The van der Waals surface area contributed by atoms with Crippen LogP contribution < -0.4 is 29.6 Å². The molecule has 0 aliphatic heterocycles. The van der Waals surface area contributed by atoms with E-state index in [1.165, 1.54) is 12.7 Å². The van der Waals surface area contributed by atoms with Crippen LogP contribution in [-0.2, 0) is 44.9 Å². The van der Waals surface area contributed by atoms with Crippen molar-refractivity contribution < 1.29 is 38.1 Å². The molecular formula is C54H64Cl2N10O8. The molecule has 0 bridgehead atoms. The van der Waals surface area contributed by atoms with Crippen LogP contribution in [0.3, 0.4) is 0 Å². The number of nitrogens with zero attached hydrogens (tertiary/aromatic N) is 8. The number of halogens is 2. The van der Waals surface area contributed by atoms with Gasteiger partial charge in [0.05, 0.1) is 51.9 Å². The van der Waals surface area contributed by atoms with Gasteiger partial charge in [-0.25, -0.2) is 9.36 Å². The molecule has 18 nitrogen and oxygen atoms in total. The highest BCUT2D eigenvalue weighted by Crippen LogP contribution is 2.37. The predicted molar refractivity (Wildman–Crippen MR) is 278 cm³/mol. The summed E-state index contributed by atoms with van der Waals surface area (Å²) in [5.74, 6) is 3.48. The van der Waals surface area contributed by atoms with Crippen LogP contribution in [0.15, 0.2) is 85.5 Å². The summed E-state index contributed by atoms with van der Waals surface area (Å²) < 4.78 is 24.6. The number of rotatable bonds is 22. The van der Waals surface area contributed by atoms with Gasteiger partial charge in [-0.15, -0.1) is 10.2 Å². The largest absolute Gasteiger partial charge is 0.497 e. The second-order valence-corrected chi connectivity index (χ2v) is 19.9. The van der Waals surface area contributed by atoms with Gasteiger partial charge in [-0.1, -0.05) is 23.2 Å². The monoisotopic (exact) mass is 1050 g/mol. The molecular weight excluding hydrogens is 988 g/mol. The van der Waals surface area contributed by atoms with Gasteiger partial charge in [0, 0.05) is 46.9 Å². The number of methoxy groups -OCH3 is 4. The highest BCUT2D eigenvalue weighted by molar-refractivity contribution is 6.31. The number of aromatic nitrogens is 8. The van der Waals surface area contributed by atoms with Crippen molar-refractivity contribution in [2.75, 3.05) is 28.4 Å². The highest BCUT2D eigenvalue weighted by Gasteiger charge is 2.33. The van der Waals surface area contributed by atoms with E-state index in [9.17, 15) is 19.2 Å². The number of hydrogen-bond acceptors (Lipinski definition) is 14. The number of nitrogens with one attached hydrogen (secondary N) is 2. The minimum absolute atomic E-state index is 0.0333. The van der Waals surface area contributed by atoms with Crippen LogP contribution >= 0.6 is 23.2 Å². The molecule has 74 heavy (non-hydrogen) atoms. The third kappa shape index (κ3) is 15.1. The molecule has 8 rings (SSSR count). The Morgan fingerprint density at radius 1 is 0.568 bits per heavy atom. The fraction of sp³-hybridized carbons (Fsp3) is 0.444. The number of ether oxygens (including phenoxy) is 4. The van der Waals surface area contributed by atoms with Gasteiger partial charge in [0.1, 0.15) is 35.7 Å². The number of carbonyl (C=O) groups is 4. The third-order valence-electron chi connectivity index (χ3n) is 13.9. The number of carbonyl (C=O) groups excluding carboxylic acids is 4. The van der Waals surface area contributed by atoms with Crippen molar-refractivity contribution in [3.63, 3.8) is 0 Å². The zero-order chi connectivity index (χ0) is 52.7. The smallest absolute Gasteiger partial charge is 0.223 e. The van der Waals surface area contributed by atoms with Crippen molar-refractivity contribution in [3.8, 4) is 34.4 Å². The number of Topliss-reactive ketones (excluding diaryl/α,β-unsaturated/α-hetero) is 2. The predicted octanol–water partition coefficient (Wildman–Crippen LogP) is 8.00. The number of ketones is 2. The van der Waals surface area contributed by atoms with Crippen LogP contribution in [0.5, 0.6) is 23.0 Å². The Balaban J connectivity index is 0.000000216. The molecule has 0 radical (unpaired) electrons. The Bertz CT molecular complexity index is 2610. The molecule has 0 spiro atoms. The first-order valence-electron chi connectivity index (χ1n) is 24.9. The lowest BCUT2D eigenvalue weighted by atomic mass is 9.96. The molecule has 0 unspecified atom stereocenters. The Morgan fingerprint density at radius 2 is 0.946 bits per heavy atom. The summed E-state index contributed by atoms with van der Waals surface area (Å²) in [5.41, 5.74) is 5.52.